The summed E-state index contributed by atoms with van der Waals surface area (Å²) in [6.07, 6.45) is 2.39. The van der Waals surface area contributed by atoms with Crippen LogP contribution in [0, 0.1) is 0 Å². The average Bonchev–Trinajstić information content (AvgIpc) is 3.18. The zero-order valence-electron chi connectivity index (χ0n) is 18.0. The number of nitrogens with one attached hydrogen (secondary N) is 1. The van der Waals surface area contributed by atoms with Crippen molar-refractivity contribution in [1.29, 1.82) is 0 Å². The second-order valence-corrected chi connectivity index (χ2v) is 10.8. The van der Waals surface area contributed by atoms with Gasteiger partial charge in [0.2, 0.25) is 0 Å². The Morgan fingerprint density at radius 3 is 2.75 bits per heavy atom. The highest BCUT2D eigenvalue weighted by Gasteiger charge is 2.43. The van der Waals surface area contributed by atoms with Crippen LogP contribution in [-0.4, -0.2) is 43.6 Å². The zero-order valence-corrected chi connectivity index (χ0v) is 19.6. The first-order valence-electron chi connectivity index (χ1n) is 10.8. The van der Waals surface area contributed by atoms with Crippen LogP contribution in [0.15, 0.2) is 45.8 Å². The molecular weight excluding hydrogens is 450 g/mol. The Bertz CT molecular complexity index is 1180. The highest BCUT2D eigenvalue weighted by atomic mass is 35.5. The van der Waals surface area contributed by atoms with E-state index in [1.54, 1.807) is 18.2 Å². The number of aliphatic hydroxyl groups is 1. The smallest absolute Gasteiger partial charge is 0.177 e. The standard InChI is InChI=1S/C23H26ClN3O4S/c1-23(2)21(28)20(25-22-17-12-14(24)6-8-19(17)31-26-22)16-13-15(7-9-18(16)30-23)32(29)27-10-4-3-5-11-27/h6-9,12-13,20-21,28H,3-5,10-11H2,1-2H3,(H,25,26)/t20-,21+,32?/m1/s1. The summed E-state index contributed by atoms with van der Waals surface area (Å²) in [5.41, 5.74) is 0.491. The molecule has 1 unspecified atom stereocenters. The number of anilines is 1. The minimum atomic E-state index is -1.26. The summed E-state index contributed by atoms with van der Waals surface area (Å²) in [7, 11) is -1.26. The van der Waals surface area contributed by atoms with Crippen LogP contribution in [0.4, 0.5) is 5.82 Å². The van der Waals surface area contributed by atoms with Crippen molar-refractivity contribution in [2.45, 2.75) is 55.8 Å². The van der Waals surface area contributed by atoms with Crippen LogP contribution in [0.25, 0.3) is 11.0 Å². The molecule has 0 amide bonds. The first-order valence-corrected chi connectivity index (χ1v) is 12.3. The molecule has 7 nitrogen and oxygen atoms in total. The Balaban J connectivity index is 1.53. The minimum absolute atomic E-state index is 0.484. The second kappa shape index (κ2) is 8.33. The zero-order chi connectivity index (χ0) is 22.5. The molecule has 3 atom stereocenters. The van der Waals surface area contributed by atoms with E-state index in [4.69, 9.17) is 20.9 Å². The molecule has 170 valence electrons. The van der Waals surface area contributed by atoms with Crippen molar-refractivity contribution < 1.29 is 18.6 Å². The Labute approximate surface area is 194 Å². The number of aliphatic hydroxyl groups excluding tert-OH is 1. The van der Waals surface area contributed by atoms with Gasteiger partial charge in [0, 0.05) is 23.7 Å². The summed E-state index contributed by atoms with van der Waals surface area (Å²) in [5.74, 6) is 1.13. The van der Waals surface area contributed by atoms with Gasteiger partial charge in [0.15, 0.2) is 11.4 Å². The first kappa shape index (κ1) is 21.7. The van der Waals surface area contributed by atoms with Gasteiger partial charge in [0.05, 0.1) is 16.3 Å². The molecule has 2 N–H and O–H groups in total. The number of nitrogens with zero attached hydrogens (tertiary/aromatic N) is 2. The maximum absolute atomic E-state index is 13.2. The summed E-state index contributed by atoms with van der Waals surface area (Å²) in [5, 5.41) is 20.0. The summed E-state index contributed by atoms with van der Waals surface area (Å²) in [4.78, 5) is 0.695. The molecule has 0 spiro atoms. The molecule has 1 aromatic heterocycles. The fourth-order valence-electron chi connectivity index (χ4n) is 4.39. The van der Waals surface area contributed by atoms with Gasteiger partial charge in [0.25, 0.3) is 0 Å². The van der Waals surface area contributed by atoms with E-state index >= 15 is 0 Å². The van der Waals surface area contributed by atoms with Crippen molar-refractivity contribution in [3.8, 4) is 5.75 Å². The van der Waals surface area contributed by atoms with Crippen LogP contribution in [-0.2, 0) is 11.0 Å². The van der Waals surface area contributed by atoms with E-state index < -0.39 is 28.7 Å². The Morgan fingerprint density at radius 2 is 1.97 bits per heavy atom. The number of fused-ring (bicyclic) bond motifs is 2. The van der Waals surface area contributed by atoms with Crippen LogP contribution in [0.1, 0.15) is 44.7 Å². The topological polar surface area (TPSA) is 87.8 Å². The lowest BCUT2D eigenvalue weighted by Crippen LogP contribution is -2.50. The van der Waals surface area contributed by atoms with Gasteiger partial charge in [-0.1, -0.05) is 23.2 Å². The van der Waals surface area contributed by atoms with Gasteiger partial charge in [-0.3, -0.25) is 0 Å². The molecule has 5 rings (SSSR count). The lowest BCUT2D eigenvalue weighted by molar-refractivity contribution is -0.0534. The average molecular weight is 476 g/mol. The number of benzene rings is 2. The van der Waals surface area contributed by atoms with Gasteiger partial charge in [0.1, 0.15) is 28.4 Å². The number of hydrogen-bond donors (Lipinski definition) is 2. The summed E-state index contributed by atoms with van der Waals surface area (Å²) in [6.45, 7) is 5.33. The first-order chi connectivity index (χ1) is 15.3. The largest absolute Gasteiger partial charge is 0.485 e. The van der Waals surface area contributed by atoms with Crippen LogP contribution < -0.4 is 10.1 Å². The number of piperidine rings is 1. The number of rotatable bonds is 4. The van der Waals surface area contributed by atoms with E-state index in [9.17, 15) is 9.32 Å². The Kier molecular flexibility index (Phi) is 5.65. The van der Waals surface area contributed by atoms with Crippen molar-refractivity contribution in [2.24, 2.45) is 0 Å². The number of aromatic nitrogens is 1. The van der Waals surface area contributed by atoms with E-state index in [1.807, 2.05) is 36.4 Å². The molecule has 0 bridgehead atoms. The quantitative estimate of drug-likeness (QED) is 0.570. The number of ether oxygens (including phenoxy) is 1. The molecule has 0 saturated carbocycles. The monoisotopic (exact) mass is 475 g/mol. The molecule has 2 aliphatic rings. The third-order valence-corrected chi connectivity index (χ3v) is 7.92. The SMILES string of the molecule is CC1(C)Oc2ccc(S(=O)N3CCCCC3)cc2[C@@H](Nc2noc3ccc(Cl)cc23)[C@@H]1O. The maximum atomic E-state index is 13.2. The van der Waals surface area contributed by atoms with E-state index in [0.29, 0.717) is 27.1 Å². The summed E-state index contributed by atoms with van der Waals surface area (Å²) in [6, 6.07) is 10.3. The predicted molar refractivity (Wildman–Crippen MR) is 124 cm³/mol. The lowest BCUT2D eigenvalue weighted by atomic mass is 9.86. The van der Waals surface area contributed by atoms with Gasteiger partial charge >= 0.3 is 0 Å². The van der Waals surface area contributed by atoms with Crippen LogP contribution in [0.2, 0.25) is 5.02 Å². The summed E-state index contributed by atoms with van der Waals surface area (Å²) >= 11 is 6.17. The predicted octanol–water partition coefficient (Wildman–Crippen LogP) is 4.67. The van der Waals surface area contributed by atoms with E-state index in [1.165, 1.54) is 6.42 Å². The Hall–Kier alpha value is -2.13. The fourth-order valence-corrected chi connectivity index (χ4v) is 5.86. The molecule has 2 aromatic carbocycles. The van der Waals surface area contributed by atoms with Crippen LogP contribution in [0.5, 0.6) is 5.75 Å². The van der Waals surface area contributed by atoms with Crippen molar-refractivity contribution in [3.63, 3.8) is 0 Å². The van der Waals surface area contributed by atoms with Gasteiger partial charge < -0.3 is 19.7 Å². The van der Waals surface area contributed by atoms with Crippen LogP contribution in [0.3, 0.4) is 0 Å². The van der Waals surface area contributed by atoms with Crippen molar-refractivity contribution >= 4 is 39.4 Å². The molecule has 1 saturated heterocycles. The van der Waals surface area contributed by atoms with Gasteiger partial charge in [-0.25, -0.2) is 8.51 Å². The second-order valence-electron chi connectivity index (χ2n) is 8.88. The van der Waals surface area contributed by atoms with Gasteiger partial charge in [-0.2, -0.15) is 0 Å². The normalized spacial score (nSPS) is 24.0. The maximum Gasteiger partial charge on any atom is 0.177 e. The molecule has 1 fully saturated rings. The molecule has 3 aromatic rings. The third-order valence-electron chi connectivity index (χ3n) is 6.19. The van der Waals surface area contributed by atoms with E-state index in [-0.39, 0.29) is 0 Å². The molecule has 9 heteroatoms. The molecular formula is C23H26ClN3O4S. The van der Waals surface area contributed by atoms with E-state index in [2.05, 4.69) is 10.5 Å². The molecule has 0 radical (unpaired) electrons. The fraction of sp³-hybridized carbons (Fsp3) is 0.435. The highest BCUT2D eigenvalue weighted by molar-refractivity contribution is 7.82. The Morgan fingerprint density at radius 1 is 1.19 bits per heavy atom. The molecule has 2 aliphatic heterocycles. The number of halogens is 1. The number of hydrogen-bond acceptors (Lipinski definition) is 6. The third kappa shape index (κ3) is 3.90. The molecule has 32 heavy (non-hydrogen) atoms. The molecule has 3 heterocycles. The van der Waals surface area contributed by atoms with Crippen molar-refractivity contribution in [3.05, 3.63) is 47.0 Å². The van der Waals surface area contributed by atoms with Crippen LogP contribution >= 0.6 is 11.6 Å². The lowest BCUT2D eigenvalue weighted by Gasteiger charge is -2.42. The minimum Gasteiger partial charge on any atom is -0.485 e. The van der Waals surface area contributed by atoms with E-state index in [0.717, 1.165) is 36.9 Å². The molecule has 0 aliphatic carbocycles. The van der Waals surface area contributed by atoms with Gasteiger partial charge in [-0.15, -0.1) is 0 Å². The summed E-state index contributed by atoms with van der Waals surface area (Å²) < 4.78 is 26.7. The van der Waals surface area contributed by atoms with Gasteiger partial charge in [-0.05, 0) is 63.1 Å². The van der Waals surface area contributed by atoms with Crippen molar-refractivity contribution in [1.82, 2.24) is 9.46 Å². The van der Waals surface area contributed by atoms with Crippen molar-refractivity contribution in [2.75, 3.05) is 18.4 Å². The highest BCUT2D eigenvalue weighted by Crippen LogP contribution is 2.43.